The Bertz CT molecular complexity index is 6880. The van der Waals surface area contributed by atoms with E-state index in [0.717, 1.165) is 161 Å². The summed E-state index contributed by atoms with van der Waals surface area (Å²) in [4.78, 5) is 15.3. The van der Waals surface area contributed by atoms with E-state index in [1.165, 1.54) is 73.3 Å². The summed E-state index contributed by atoms with van der Waals surface area (Å²) in [6.07, 6.45) is 8.96. The van der Waals surface area contributed by atoms with Crippen LogP contribution in [0.1, 0.15) is 82.1 Å². The molecular weight excluding hydrogens is 2030 g/mol. The molecule has 0 aliphatic rings. The second-order valence-corrected chi connectivity index (χ2v) is 35.9. The third-order valence-corrected chi connectivity index (χ3v) is 24.4. The molecule has 6 N–H and O–H groups in total. The Morgan fingerprint density at radius 1 is 0.260 bits per heavy atom. The lowest BCUT2D eigenvalue weighted by Crippen LogP contribution is -2.48. The van der Waals surface area contributed by atoms with Crippen LogP contribution in [0.25, 0.3) is 44.5 Å². The quantitative estimate of drug-likeness (QED) is 0.0217. The summed E-state index contributed by atoms with van der Waals surface area (Å²) in [6, 6.07) is 62.3. The predicted molar refractivity (Wildman–Crippen MR) is 511 cm³/mol. The number of aryl methyl sites for hydroxylation is 4. The highest BCUT2D eigenvalue weighted by molar-refractivity contribution is 7.86. The van der Waals surface area contributed by atoms with Crippen LogP contribution in [0.2, 0.25) is 0 Å². The maximum Gasteiger partial charge on any atom is 0.323 e. The molecule has 0 spiro atoms. The number of nitrogens with zero attached hydrogens (tertiary/aromatic N) is 20. The highest BCUT2D eigenvalue weighted by Gasteiger charge is 2.62. The Kier molecular flexibility index (Phi) is 36.2. The van der Waals surface area contributed by atoms with E-state index in [2.05, 4.69) is 82.0 Å². The first-order valence-corrected chi connectivity index (χ1v) is 46.2. The monoisotopic (exact) mass is 2120 g/mol. The van der Waals surface area contributed by atoms with Gasteiger partial charge in [0.15, 0.2) is 22.4 Å². The topological polar surface area (TPSA) is 416 Å². The van der Waals surface area contributed by atoms with Gasteiger partial charge < -0.3 is 20.4 Å². The Labute approximate surface area is 845 Å². The van der Waals surface area contributed by atoms with Crippen molar-refractivity contribution in [2.75, 3.05) is 0 Å². The van der Waals surface area contributed by atoms with E-state index in [0.29, 0.717) is 46.5 Å². The molecule has 150 heavy (non-hydrogen) atoms. The maximum absolute atomic E-state index is 15.7. The van der Waals surface area contributed by atoms with Crippen molar-refractivity contribution >= 4 is 20.2 Å². The number of rotatable bonds is 26. The van der Waals surface area contributed by atoms with Crippen LogP contribution in [0.15, 0.2) is 339 Å². The average Bonchev–Trinajstić information content (AvgIpc) is 0.908. The van der Waals surface area contributed by atoms with Crippen molar-refractivity contribution < 1.29 is 117 Å². The second-order valence-electron chi connectivity index (χ2n) is 33.0. The molecule has 0 aliphatic heterocycles. The molecule has 8 heterocycles. The number of hydrogen-bond acceptors (Lipinski definition) is 24. The van der Waals surface area contributed by atoms with Gasteiger partial charge in [-0.2, -0.15) is 52.0 Å². The van der Waals surface area contributed by atoms with Crippen molar-refractivity contribution in [1.29, 1.82) is 0 Å². The zero-order chi connectivity index (χ0) is 107. The zero-order valence-corrected chi connectivity index (χ0v) is 78.8. The van der Waals surface area contributed by atoms with Gasteiger partial charge in [0.05, 0.1) is 36.0 Å². The molecule has 0 aliphatic carbocycles. The van der Waals surface area contributed by atoms with Crippen LogP contribution in [0, 0.1) is 74.2 Å². The van der Waals surface area contributed by atoms with Crippen LogP contribution < -0.4 is 0 Å². The molecule has 0 bridgehead atoms. The van der Waals surface area contributed by atoms with Crippen LogP contribution in [0.5, 0.6) is 0 Å². The summed E-state index contributed by atoms with van der Waals surface area (Å²) in [5, 5.41) is 85.4. The van der Waals surface area contributed by atoms with Gasteiger partial charge >= 0.3 is 23.7 Å². The van der Waals surface area contributed by atoms with Gasteiger partial charge in [0.25, 0.3) is 20.2 Å². The lowest BCUT2D eigenvalue weighted by molar-refractivity contribution is -0.207. The fourth-order valence-electron chi connectivity index (χ4n) is 14.7. The molecule has 780 valence electrons. The normalized spacial score (nSPS) is 13.2. The Hall–Kier alpha value is -16.4. The summed E-state index contributed by atoms with van der Waals surface area (Å²) < 4.78 is 299. The van der Waals surface area contributed by atoms with Crippen LogP contribution in [0.3, 0.4) is 0 Å². The van der Waals surface area contributed by atoms with E-state index in [-0.39, 0.29) is 24.6 Å². The minimum absolute atomic E-state index is 0. The molecule has 0 unspecified atom stereocenters. The predicted octanol–water partition coefficient (Wildman–Crippen LogP) is 19.1. The molecule has 48 heteroatoms. The van der Waals surface area contributed by atoms with Crippen molar-refractivity contribution in [2.24, 2.45) is 0 Å². The molecule has 4 atom stereocenters. The highest BCUT2D eigenvalue weighted by atomic mass is 32.2. The van der Waals surface area contributed by atoms with Gasteiger partial charge in [-0.05, 0) is 189 Å². The lowest BCUT2D eigenvalue weighted by Gasteiger charge is -2.35. The number of halogens is 16. The average molecular weight is 2120 g/mol. The Balaban J connectivity index is 0.000000177. The van der Waals surface area contributed by atoms with Gasteiger partial charge in [0.1, 0.15) is 94.6 Å². The van der Waals surface area contributed by atoms with E-state index in [4.69, 9.17) is 9.11 Å². The zero-order valence-electron chi connectivity index (χ0n) is 77.1. The van der Waals surface area contributed by atoms with E-state index in [9.17, 15) is 72.4 Å². The van der Waals surface area contributed by atoms with E-state index >= 15 is 35.1 Å². The first-order chi connectivity index (χ1) is 70.0. The van der Waals surface area contributed by atoms with Crippen molar-refractivity contribution in [3.63, 3.8) is 0 Å². The molecule has 0 amide bonds. The van der Waals surface area contributed by atoms with E-state index < -0.39 is 184 Å². The van der Waals surface area contributed by atoms with Crippen LogP contribution in [-0.4, -0.2) is 147 Å². The minimum Gasteiger partial charge on any atom is -0.377 e. The summed E-state index contributed by atoms with van der Waals surface area (Å²) in [5.74, 6) is -25.6. The molecule has 8 aromatic heterocycles. The van der Waals surface area contributed by atoms with Gasteiger partial charge in [-0.15, -0.1) is 20.4 Å². The number of aliphatic hydroxyl groups is 4. The fourth-order valence-corrected chi connectivity index (χ4v) is 15.7. The summed E-state index contributed by atoms with van der Waals surface area (Å²) in [7, 11) is -8.01. The minimum atomic E-state index is -4.09. The van der Waals surface area contributed by atoms with Crippen LogP contribution >= 0.6 is 0 Å². The summed E-state index contributed by atoms with van der Waals surface area (Å²) in [5.41, 5.74) is -9.55. The molecule has 0 saturated carbocycles. The molecule has 18 aromatic rings. The van der Waals surface area contributed by atoms with E-state index in [1.54, 1.807) is 36.4 Å². The molecular formula is C102H88F16N20O10S2. The first kappa shape index (κ1) is 114. The van der Waals surface area contributed by atoms with Crippen LogP contribution in [0.4, 0.5) is 70.2 Å². The summed E-state index contributed by atoms with van der Waals surface area (Å²) in [6.45, 7) is 4.07. The van der Waals surface area contributed by atoms with Gasteiger partial charge in [0, 0.05) is 93.6 Å². The number of benzene rings is 10. The van der Waals surface area contributed by atoms with Gasteiger partial charge in [-0.1, -0.05) is 195 Å². The highest BCUT2D eigenvalue weighted by Crippen LogP contribution is 2.52. The van der Waals surface area contributed by atoms with Crippen molar-refractivity contribution in [3.8, 4) is 44.5 Å². The smallest absolute Gasteiger partial charge is 0.323 e. The number of alkyl halides is 8. The Morgan fingerprint density at radius 2 is 0.447 bits per heavy atom. The number of hydrogen-bond donors (Lipinski definition) is 6. The fraction of sp³-hybridized carbons (Fsp3) is 0.176. The number of pyridine rings is 4. The van der Waals surface area contributed by atoms with Crippen molar-refractivity contribution in [1.82, 2.24) is 101 Å². The van der Waals surface area contributed by atoms with Gasteiger partial charge in [-0.3, -0.25) is 29.0 Å². The molecule has 30 nitrogen and oxygen atoms in total. The largest absolute Gasteiger partial charge is 0.377 e. The van der Waals surface area contributed by atoms with Gasteiger partial charge in [-0.25, -0.2) is 53.9 Å². The van der Waals surface area contributed by atoms with Gasteiger partial charge in [0.2, 0.25) is 0 Å². The van der Waals surface area contributed by atoms with Crippen molar-refractivity contribution in [2.45, 2.75) is 125 Å². The lowest BCUT2D eigenvalue weighted by atomic mass is 9.84. The molecule has 0 radical (unpaired) electrons. The molecule has 10 aromatic carbocycles. The maximum atomic E-state index is 15.7. The molecule has 0 saturated heterocycles. The SMILES string of the molecule is C.C.Cc1ccc(-c2ccc(C(F)(F)[C@@](O)(Cn3cnnn3)c3ccc(F)cc3F)nc2)cc1.Cc1ccc(-c2ccc(C(F)(F)[C@@](O)(Cn3cnnn3)c3ccc(F)cc3F)nc2)cc1.Cc1ccc(-c2ccc(C(F)(F)[C@](O)(Cn3cnnn3)c3ccc(F)cc3F)nc2)cc1.Cc1ccc(-c2ccc(C(F)(F)[C@](O)(Cn3cnnn3)c3ccc(F)cc3F)nc2)cc1.O=S(=O)(O)c1ccccc1.O=S(=O)(O)c1ccccc1. The van der Waals surface area contributed by atoms with E-state index in [1.807, 2.05) is 125 Å². The number of tetrazole rings is 4. The Morgan fingerprint density at radius 3 is 0.593 bits per heavy atom. The first-order valence-electron chi connectivity index (χ1n) is 43.3. The number of aromatic nitrogens is 20. The van der Waals surface area contributed by atoms with Crippen molar-refractivity contribution in [3.05, 3.63) is 443 Å². The summed E-state index contributed by atoms with van der Waals surface area (Å²) >= 11 is 0. The third-order valence-electron chi connectivity index (χ3n) is 22.7. The third kappa shape index (κ3) is 26.4. The molecule has 0 fully saturated rings. The van der Waals surface area contributed by atoms with Crippen LogP contribution in [-0.2, 0) is 92.5 Å². The molecule has 18 rings (SSSR count). The second kappa shape index (κ2) is 47.6. The standard InChI is InChI=1S/4C22H17F4N5O.2C6H6O3S.2CH4/c4*1-14-2-4-15(5-3-14)16-6-9-20(27-11-16)22(25,26)21(32,12-31-13-28-29-30-31)18-8-7-17(23)10-19(18)24;2*7-10(8,9)6-4-2-1-3-5-6;;/h4*2-11,13,32H,12H2,1H3;2*1-5H,(H,7,8,9);2*1H4/t4*21-;;;;/m1100..../s1.